The molecule has 2 aromatic rings. The molecule has 32 heavy (non-hydrogen) atoms. The van der Waals surface area contributed by atoms with E-state index in [4.69, 9.17) is 9.47 Å². The smallest absolute Gasteiger partial charge is 0.225 e. The van der Waals surface area contributed by atoms with Crippen molar-refractivity contribution in [2.45, 2.75) is 39.0 Å². The van der Waals surface area contributed by atoms with Crippen LogP contribution in [0.4, 0.5) is 0 Å². The molecule has 2 fully saturated rings. The summed E-state index contributed by atoms with van der Waals surface area (Å²) in [6.07, 6.45) is 1.79. The SMILES string of the molecule is CC(C)C(=O)N1CCC(C2(c3ccc(-c4ccc(CN(C)C)cc4)cc3)OCCO2)CC1. The molecule has 0 radical (unpaired) electrons. The fraction of sp³-hybridized carbons (Fsp3) is 0.519. The molecule has 0 saturated carbocycles. The third-order valence-corrected chi connectivity index (χ3v) is 6.63. The Labute approximate surface area is 192 Å². The van der Waals surface area contributed by atoms with E-state index in [0.29, 0.717) is 13.2 Å². The van der Waals surface area contributed by atoms with Gasteiger partial charge in [0.05, 0.1) is 13.2 Å². The van der Waals surface area contributed by atoms with Crippen LogP contribution >= 0.6 is 0 Å². The van der Waals surface area contributed by atoms with Crippen LogP contribution in [0.1, 0.15) is 37.8 Å². The van der Waals surface area contributed by atoms with E-state index in [1.54, 1.807) is 0 Å². The summed E-state index contributed by atoms with van der Waals surface area (Å²) < 4.78 is 12.6. The van der Waals surface area contributed by atoms with Crippen molar-refractivity contribution < 1.29 is 14.3 Å². The number of rotatable bonds is 6. The van der Waals surface area contributed by atoms with Crippen molar-refractivity contribution in [3.05, 3.63) is 59.7 Å². The number of hydrogen-bond donors (Lipinski definition) is 0. The Morgan fingerprint density at radius 2 is 1.50 bits per heavy atom. The maximum absolute atomic E-state index is 12.4. The largest absolute Gasteiger partial charge is 0.343 e. The number of carbonyl (C=O) groups excluding carboxylic acids is 1. The lowest BCUT2D eigenvalue weighted by Gasteiger charge is -2.41. The van der Waals surface area contributed by atoms with E-state index in [-0.39, 0.29) is 17.7 Å². The van der Waals surface area contributed by atoms with E-state index in [0.717, 1.165) is 38.0 Å². The van der Waals surface area contributed by atoms with Crippen LogP contribution in [0.25, 0.3) is 11.1 Å². The van der Waals surface area contributed by atoms with Gasteiger partial charge < -0.3 is 19.3 Å². The quantitative estimate of drug-likeness (QED) is 0.668. The van der Waals surface area contributed by atoms with Gasteiger partial charge in [-0.1, -0.05) is 62.4 Å². The van der Waals surface area contributed by atoms with Crippen LogP contribution in [0.3, 0.4) is 0 Å². The van der Waals surface area contributed by atoms with Crippen molar-refractivity contribution in [2.24, 2.45) is 11.8 Å². The molecule has 0 aromatic heterocycles. The first kappa shape index (κ1) is 23.0. The van der Waals surface area contributed by atoms with Gasteiger partial charge in [0, 0.05) is 37.0 Å². The Morgan fingerprint density at radius 1 is 0.969 bits per heavy atom. The fourth-order valence-corrected chi connectivity index (χ4v) is 4.97. The lowest BCUT2D eigenvalue weighted by Crippen LogP contribution is -2.47. The molecule has 0 spiro atoms. The molecule has 2 aliphatic rings. The van der Waals surface area contributed by atoms with E-state index < -0.39 is 5.79 Å². The third-order valence-electron chi connectivity index (χ3n) is 6.63. The molecule has 2 aromatic carbocycles. The number of benzene rings is 2. The van der Waals surface area contributed by atoms with Gasteiger partial charge in [-0.15, -0.1) is 0 Å². The Bertz CT molecular complexity index is 892. The topological polar surface area (TPSA) is 42.0 Å². The molecule has 2 heterocycles. The van der Waals surface area contributed by atoms with Gasteiger partial charge in [-0.05, 0) is 43.6 Å². The molecule has 0 aliphatic carbocycles. The van der Waals surface area contributed by atoms with Gasteiger partial charge in [0.1, 0.15) is 0 Å². The van der Waals surface area contributed by atoms with E-state index in [9.17, 15) is 4.79 Å². The molecule has 0 atom stereocenters. The standard InChI is InChI=1S/C27H36N2O3/c1-20(2)26(30)29-15-13-25(14-16-29)27(31-17-18-32-27)24-11-9-23(10-12-24)22-7-5-21(6-8-22)19-28(3)4/h5-12,20,25H,13-19H2,1-4H3. The maximum Gasteiger partial charge on any atom is 0.225 e. The lowest BCUT2D eigenvalue weighted by atomic mass is 9.83. The highest BCUT2D eigenvalue weighted by Gasteiger charge is 2.47. The zero-order chi connectivity index (χ0) is 22.7. The lowest BCUT2D eigenvalue weighted by molar-refractivity contribution is -0.214. The van der Waals surface area contributed by atoms with Crippen molar-refractivity contribution >= 4 is 5.91 Å². The molecular formula is C27H36N2O3. The van der Waals surface area contributed by atoms with Crippen molar-refractivity contribution in [2.75, 3.05) is 40.4 Å². The highest BCUT2D eigenvalue weighted by Crippen LogP contribution is 2.44. The van der Waals surface area contributed by atoms with Crippen LogP contribution in [0.2, 0.25) is 0 Å². The van der Waals surface area contributed by atoms with Crippen molar-refractivity contribution in [3.63, 3.8) is 0 Å². The predicted octanol–water partition coefficient (Wildman–Crippen LogP) is 4.51. The van der Waals surface area contributed by atoms with Crippen LogP contribution in [0.15, 0.2) is 48.5 Å². The number of likely N-dealkylation sites (tertiary alicyclic amines) is 1. The molecule has 0 N–H and O–H groups in total. The average molecular weight is 437 g/mol. The fourth-order valence-electron chi connectivity index (χ4n) is 4.97. The Morgan fingerprint density at radius 3 is 2.00 bits per heavy atom. The van der Waals surface area contributed by atoms with Crippen LogP contribution in [-0.4, -0.2) is 56.1 Å². The number of nitrogens with zero attached hydrogens (tertiary/aromatic N) is 2. The van der Waals surface area contributed by atoms with Gasteiger partial charge >= 0.3 is 0 Å². The summed E-state index contributed by atoms with van der Waals surface area (Å²) in [5.74, 6) is -0.158. The first-order valence-electron chi connectivity index (χ1n) is 11.8. The Hall–Kier alpha value is -2.21. The zero-order valence-corrected chi connectivity index (χ0v) is 19.8. The van der Waals surface area contributed by atoms with Crippen molar-refractivity contribution in [1.82, 2.24) is 9.80 Å². The Kier molecular flexibility index (Phi) is 6.99. The van der Waals surface area contributed by atoms with E-state index in [2.05, 4.69) is 67.5 Å². The van der Waals surface area contributed by atoms with Crippen LogP contribution in [0.5, 0.6) is 0 Å². The minimum absolute atomic E-state index is 0.0454. The molecule has 5 nitrogen and oxygen atoms in total. The second-order valence-electron chi connectivity index (χ2n) is 9.63. The summed E-state index contributed by atoms with van der Waals surface area (Å²) >= 11 is 0. The molecule has 2 saturated heterocycles. The van der Waals surface area contributed by atoms with E-state index >= 15 is 0 Å². The summed E-state index contributed by atoms with van der Waals surface area (Å²) in [4.78, 5) is 16.6. The molecule has 0 unspecified atom stereocenters. The summed E-state index contributed by atoms with van der Waals surface area (Å²) in [7, 11) is 4.17. The van der Waals surface area contributed by atoms with Crippen molar-refractivity contribution in [1.29, 1.82) is 0 Å². The minimum Gasteiger partial charge on any atom is -0.343 e. The monoisotopic (exact) mass is 436 g/mol. The van der Waals surface area contributed by atoms with Gasteiger partial charge in [0.25, 0.3) is 0 Å². The summed E-state index contributed by atoms with van der Waals surface area (Å²) in [6.45, 7) is 7.65. The highest BCUT2D eigenvalue weighted by molar-refractivity contribution is 5.78. The van der Waals surface area contributed by atoms with Gasteiger partial charge in [0.15, 0.2) is 5.79 Å². The second-order valence-corrected chi connectivity index (χ2v) is 9.63. The maximum atomic E-state index is 12.4. The first-order chi connectivity index (χ1) is 15.4. The predicted molar refractivity (Wildman–Crippen MR) is 127 cm³/mol. The number of amides is 1. The molecular weight excluding hydrogens is 400 g/mol. The molecule has 1 amide bonds. The summed E-state index contributed by atoms with van der Waals surface area (Å²) in [5.41, 5.74) is 4.79. The summed E-state index contributed by atoms with van der Waals surface area (Å²) in [6, 6.07) is 17.4. The zero-order valence-electron chi connectivity index (χ0n) is 19.8. The van der Waals surface area contributed by atoms with Crippen LogP contribution in [-0.2, 0) is 26.6 Å². The summed E-state index contributed by atoms with van der Waals surface area (Å²) in [5, 5.41) is 0. The van der Waals surface area contributed by atoms with E-state index in [1.807, 2.05) is 18.7 Å². The van der Waals surface area contributed by atoms with Gasteiger partial charge in [-0.2, -0.15) is 0 Å². The average Bonchev–Trinajstić information content (AvgIpc) is 3.30. The molecule has 4 rings (SSSR count). The normalized spacial score (nSPS) is 19.1. The molecule has 172 valence electrons. The first-order valence-corrected chi connectivity index (χ1v) is 11.8. The number of ether oxygens (including phenoxy) is 2. The Balaban J connectivity index is 1.49. The molecule has 5 heteroatoms. The number of hydrogen-bond acceptors (Lipinski definition) is 4. The number of carbonyl (C=O) groups is 1. The van der Waals surface area contributed by atoms with E-state index in [1.165, 1.54) is 16.7 Å². The van der Waals surface area contributed by atoms with Crippen molar-refractivity contribution in [3.8, 4) is 11.1 Å². The second kappa shape index (κ2) is 9.74. The molecule has 2 aliphatic heterocycles. The highest BCUT2D eigenvalue weighted by atomic mass is 16.7. The third kappa shape index (κ3) is 4.75. The van der Waals surface area contributed by atoms with Gasteiger partial charge in [0.2, 0.25) is 5.91 Å². The molecule has 0 bridgehead atoms. The van der Waals surface area contributed by atoms with Crippen LogP contribution < -0.4 is 0 Å². The van der Waals surface area contributed by atoms with Gasteiger partial charge in [-0.3, -0.25) is 4.79 Å². The minimum atomic E-state index is -0.693. The van der Waals surface area contributed by atoms with Crippen LogP contribution in [0, 0.1) is 11.8 Å². The van der Waals surface area contributed by atoms with Gasteiger partial charge in [-0.25, -0.2) is 0 Å². The number of piperidine rings is 1.